The second-order valence-electron chi connectivity index (χ2n) is 9.08. The average Bonchev–Trinajstić information content (AvgIpc) is 3.46. The molecule has 0 bridgehead atoms. The summed E-state index contributed by atoms with van der Waals surface area (Å²) < 4.78 is 31.4. The number of nitrogens with one attached hydrogen (secondary N) is 1. The molecule has 8 nitrogen and oxygen atoms in total. The third-order valence-electron chi connectivity index (χ3n) is 6.78. The Morgan fingerprint density at radius 3 is 2.70 bits per heavy atom. The summed E-state index contributed by atoms with van der Waals surface area (Å²) in [4.78, 5) is 11.6. The Labute approximate surface area is 192 Å². The molecule has 9 heteroatoms. The van der Waals surface area contributed by atoms with Crippen LogP contribution in [0.15, 0.2) is 16.7 Å². The molecule has 0 amide bonds. The average molecular weight is 456 g/mol. The lowest BCUT2D eigenvalue weighted by Gasteiger charge is -2.40. The lowest BCUT2D eigenvalue weighted by atomic mass is 9.95. The van der Waals surface area contributed by atoms with Gasteiger partial charge in [-0.25, -0.2) is 9.37 Å². The third kappa shape index (κ3) is 4.15. The molecule has 2 aromatic heterocycles. The smallest absolute Gasteiger partial charge is 0.261 e. The van der Waals surface area contributed by atoms with Crippen LogP contribution >= 0.6 is 0 Å². The largest absolute Gasteiger partial charge is 0.497 e. The number of benzene rings is 1. The van der Waals surface area contributed by atoms with E-state index >= 15 is 4.39 Å². The number of ether oxygens (including phenoxy) is 2. The van der Waals surface area contributed by atoms with Crippen LogP contribution in [0.4, 0.5) is 10.2 Å². The molecule has 0 spiro atoms. The van der Waals surface area contributed by atoms with E-state index in [1.807, 2.05) is 6.92 Å². The molecule has 1 N–H and O–H groups in total. The van der Waals surface area contributed by atoms with Gasteiger partial charge in [-0.05, 0) is 51.7 Å². The Kier molecular flexibility index (Phi) is 5.92. The van der Waals surface area contributed by atoms with Gasteiger partial charge in [0, 0.05) is 42.7 Å². The number of aryl methyl sites for hydroxylation is 2. The summed E-state index contributed by atoms with van der Waals surface area (Å²) in [7, 11) is 1.53. The number of fused-ring (bicyclic) bond motifs is 1. The minimum atomic E-state index is -0.410. The number of hydrogen-bond donors (Lipinski definition) is 1. The Morgan fingerprint density at radius 2 is 2.03 bits per heavy atom. The zero-order chi connectivity index (χ0) is 23.1. The van der Waals surface area contributed by atoms with Gasteiger partial charge in [0.05, 0.1) is 19.3 Å². The van der Waals surface area contributed by atoms with Crippen molar-refractivity contribution in [3.8, 4) is 17.2 Å². The summed E-state index contributed by atoms with van der Waals surface area (Å²) in [6.45, 7) is 8.32. The maximum Gasteiger partial charge on any atom is 0.261 e. The van der Waals surface area contributed by atoms with Gasteiger partial charge in [-0.3, -0.25) is 0 Å². The quantitative estimate of drug-likeness (QED) is 0.622. The van der Waals surface area contributed by atoms with Crippen molar-refractivity contribution in [3.63, 3.8) is 0 Å². The first kappa shape index (κ1) is 22.0. The van der Waals surface area contributed by atoms with E-state index in [0.29, 0.717) is 46.3 Å². The van der Waals surface area contributed by atoms with Gasteiger partial charge in [-0.15, -0.1) is 0 Å². The van der Waals surface area contributed by atoms with E-state index in [4.69, 9.17) is 19.0 Å². The molecule has 5 rings (SSSR count). The van der Waals surface area contributed by atoms with E-state index in [1.54, 1.807) is 13.0 Å². The number of aromatic nitrogens is 3. The number of nitrogens with zero attached hydrogens (tertiary/aromatic N) is 4. The highest BCUT2D eigenvalue weighted by Gasteiger charge is 2.32. The topological polar surface area (TPSA) is 85.5 Å². The van der Waals surface area contributed by atoms with E-state index in [-0.39, 0.29) is 6.04 Å². The highest BCUT2D eigenvalue weighted by atomic mass is 19.1. The fraction of sp³-hybridized carbons (Fsp3) is 0.542. The second kappa shape index (κ2) is 8.87. The molecule has 0 aliphatic carbocycles. The molecule has 2 saturated heterocycles. The van der Waals surface area contributed by atoms with Crippen molar-refractivity contribution < 1.29 is 18.4 Å². The van der Waals surface area contributed by atoms with Crippen molar-refractivity contribution in [1.29, 1.82) is 0 Å². The minimum Gasteiger partial charge on any atom is -0.497 e. The molecule has 3 atom stereocenters. The molecule has 1 aromatic carbocycles. The van der Waals surface area contributed by atoms with Crippen molar-refractivity contribution in [3.05, 3.63) is 29.3 Å². The van der Waals surface area contributed by atoms with Crippen molar-refractivity contribution >= 4 is 16.7 Å². The maximum absolute atomic E-state index is 15.1. The van der Waals surface area contributed by atoms with E-state index in [1.165, 1.54) is 13.2 Å². The van der Waals surface area contributed by atoms with Crippen LogP contribution in [0.5, 0.6) is 5.75 Å². The van der Waals surface area contributed by atoms with Gasteiger partial charge in [-0.2, -0.15) is 4.98 Å². The Bertz CT molecular complexity index is 1160. The molecule has 33 heavy (non-hydrogen) atoms. The number of pyridine rings is 1. The molecule has 0 radical (unpaired) electrons. The highest BCUT2D eigenvalue weighted by Crippen LogP contribution is 2.40. The molecule has 1 unspecified atom stereocenters. The third-order valence-corrected chi connectivity index (χ3v) is 6.78. The molecule has 0 saturated carbocycles. The molecule has 3 aromatic rings. The highest BCUT2D eigenvalue weighted by molar-refractivity contribution is 5.93. The molecule has 2 aliphatic heterocycles. The number of anilines is 1. The number of rotatable bonds is 5. The second-order valence-corrected chi connectivity index (χ2v) is 9.08. The maximum atomic E-state index is 15.1. The molecular weight excluding hydrogens is 425 g/mol. The number of methoxy groups -OCH3 is 1. The first-order valence-electron chi connectivity index (χ1n) is 11.5. The molecule has 176 valence electrons. The van der Waals surface area contributed by atoms with E-state index in [9.17, 15) is 0 Å². The number of hydrogen-bond acceptors (Lipinski definition) is 8. The Balaban J connectivity index is 1.56. The summed E-state index contributed by atoms with van der Waals surface area (Å²) in [5.74, 6) is 1.66. The monoisotopic (exact) mass is 455 g/mol. The molecule has 2 fully saturated rings. The molecule has 2 aliphatic rings. The van der Waals surface area contributed by atoms with Crippen LogP contribution in [0, 0.1) is 19.7 Å². The van der Waals surface area contributed by atoms with Gasteiger partial charge in [0.1, 0.15) is 17.1 Å². The lowest BCUT2D eigenvalue weighted by molar-refractivity contribution is 0.185. The predicted octanol–water partition coefficient (Wildman–Crippen LogP) is 3.79. The standard InChI is InChI=1S/C24H30FN5O3/c1-13-9-16(27-17-6-8-32-12-17)5-7-30(13)23-21(24-26-15(3)29-33-24)14(2)19-10-18(31-4)11-20(25)22(19)28-23/h10-11,13,16-17,27H,5-9,12H2,1-4H3/t13?,16-,17-/m0/s1. The van der Waals surface area contributed by atoms with Gasteiger partial charge >= 0.3 is 0 Å². The van der Waals surface area contributed by atoms with Crippen LogP contribution in [0.25, 0.3) is 22.4 Å². The van der Waals surface area contributed by atoms with E-state index < -0.39 is 5.82 Å². The predicted molar refractivity (Wildman–Crippen MR) is 123 cm³/mol. The lowest BCUT2D eigenvalue weighted by Crippen LogP contribution is -2.50. The van der Waals surface area contributed by atoms with Crippen LogP contribution in [0.2, 0.25) is 0 Å². The minimum absolute atomic E-state index is 0.201. The number of halogens is 1. The van der Waals surface area contributed by atoms with Gasteiger partial charge in [0.25, 0.3) is 5.89 Å². The Morgan fingerprint density at radius 1 is 1.18 bits per heavy atom. The Hall–Kier alpha value is -2.78. The van der Waals surface area contributed by atoms with Crippen LogP contribution in [-0.4, -0.2) is 60.1 Å². The van der Waals surface area contributed by atoms with Gasteiger partial charge in [-0.1, -0.05) is 5.16 Å². The summed E-state index contributed by atoms with van der Waals surface area (Å²) in [5, 5.41) is 8.41. The number of piperidine rings is 1. The summed E-state index contributed by atoms with van der Waals surface area (Å²) in [6.07, 6.45) is 2.99. The summed E-state index contributed by atoms with van der Waals surface area (Å²) >= 11 is 0. The fourth-order valence-corrected chi connectivity index (χ4v) is 5.06. The van der Waals surface area contributed by atoms with Crippen LogP contribution in [-0.2, 0) is 4.74 Å². The van der Waals surface area contributed by atoms with Crippen LogP contribution in [0.1, 0.15) is 37.6 Å². The zero-order valence-electron chi connectivity index (χ0n) is 19.5. The fourth-order valence-electron chi connectivity index (χ4n) is 5.06. The summed E-state index contributed by atoms with van der Waals surface area (Å²) in [6, 6.07) is 4.22. The molecular formula is C24H30FN5O3. The van der Waals surface area contributed by atoms with Crippen molar-refractivity contribution in [2.75, 3.05) is 31.8 Å². The van der Waals surface area contributed by atoms with E-state index in [2.05, 4.69) is 27.3 Å². The normalized spacial score (nSPS) is 23.4. The van der Waals surface area contributed by atoms with Crippen molar-refractivity contribution in [2.24, 2.45) is 0 Å². The van der Waals surface area contributed by atoms with Crippen molar-refractivity contribution in [1.82, 2.24) is 20.4 Å². The van der Waals surface area contributed by atoms with Crippen LogP contribution < -0.4 is 15.0 Å². The SMILES string of the molecule is COc1cc(F)c2nc(N3CC[C@H](N[C@H]4CCOC4)CC3C)c(-c3nc(C)no3)c(C)c2c1. The van der Waals surface area contributed by atoms with Gasteiger partial charge in [0.2, 0.25) is 0 Å². The zero-order valence-corrected chi connectivity index (χ0v) is 19.5. The first-order valence-corrected chi connectivity index (χ1v) is 11.5. The van der Waals surface area contributed by atoms with Crippen molar-refractivity contribution in [2.45, 2.75) is 58.2 Å². The molecule has 4 heterocycles. The van der Waals surface area contributed by atoms with Gasteiger partial charge in [0.15, 0.2) is 11.6 Å². The van der Waals surface area contributed by atoms with Gasteiger partial charge < -0.3 is 24.2 Å². The first-order chi connectivity index (χ1) is 15.9. The van der Waals surface area contributed by atoms with Crippen LogP contribution in [0.3, 0.4) is 0 Å². The van der Waals surface area contributed by atoms with E-state index in [0.717, 1.165) is 50.1 Å². The summed E-state index contributed by atoms with van der Waals surface area (Å²) in [5.41, 5.74) is 1.91.